The van der Waals surface area contributed by atoms with Gasteiger partial charge in [0.25, 0.3) is 0 Å². The van der Waals surface area contributed by atoms with Crippen molar-refractivity contribution in [3.8, 4) is 0 Å². The number of hydrogen-bond acceptors (Lipinski definition) is 4. The van der Waals surface area contributed by atoms with Crippen LogP contribution in [0.1, 0.15) is 25.3 Å². The second kappa shape index (κ2) is 7.43. The van der Waals surface area contributed by atoms with Crippen molar-refractivity contribution in [2.45, 2.75) is 37.6 Å². The molecular formula is C18H27N3O3S. The molecule has 0 N–H and O–H groups in total. The van der Waals surface area contributed by atoms with Crippen LogP contribution in [-0.4, -0.2) is 73.7 Å². The highest BCUT2D eigenvalue weighted by molar-refractivity contribution is 7.89. The van der Waals surface area contributed by atoms with E-state index in [-0.39, 0.29) is 11.9 Å². The van der Waals surface area contributed by atoms with E-state index in [1.807, 2.05) is 30.9 Å². The monoisotopic (exact) mass is 365 g/mol. The van der Waals surface area contributed by atoms with Gasteiger partial charge in [0.1, 0.15) is 0 Å². The van der Waals surface area contributed by atoms with Gasteiger partial charge in [-0.1, -0.05) is 17.7 Å². The molecule has 2 aliphatic heterocycles. The van der Waals surface area contributed by atoms with Crippen LogP contribution in [0.4, 0.5) is 0 Å². The third kappa shape index (κ3) is 3.88. The molecule has 0 aliphatic carbocycles. The lowest BCUT2D eigenvalue weighted by molar-refractivity contribution is -0.137. The Morgan fingerprint density at radius 2 is 1.52 bits per heavy atom. The summed E-state index contributed by atoms with van der Waals surface area (Å²) in [4.78, 5) is 17.0. The van der Waals surface area contributed by atoms with E-state index < -0.39 is 10.0 Å². The zero-order valence-corrected chi connectivity index (χ0v) is 15.8. The molecule has 2 aliphatic rings. The standard InChI is InChI=1S/C18H27N3O3S/c1-15-5-7-17(8-6-15)25(23,24)21-13-11-20(12-14-21)18(22)16(2)19-9-3-4-10-19/h5-8,16H,3-4,9-14H2,1-2H3/t16-/m1/s1. The summed E-state index contributed by atoms with van der Waals surface area (Å²) in [6.45, 7) is 7.49. The number of carbonyl (C=O) groups is 1. The Bertz CT molecular complexity index is 704. The fourth-order valence-corrected chi connectivity index (χ4v) is 4.98. The Kier molecular flexibility index (Phi) is 5.46. The summed E-state index contributed by atoms with van der Waals surface area (Å²) < 4.78 is 27.0. The summed E-state index contributed by atoms with van der Waals surface area (Å²) >= 11 is 0. The van der Waals surface area contributed by atoms with Gasteiger partial charge in [-0.3, -0.25) is 9.69 Å². The van der Waals surface area contributed by atoms with Gasteiger partial charge in [-0.15, -0.1) is 0 Å². The molecule has 1 atom stereocenters. The molecule has 0 unspecified atom stereocenters. The smallest absolute Gasteiger partial charge is 0.243 e. The van der Waals surface area contributed by atoms with E-state index in [0.29, 0.717) is 31.1 Å². The summed E-state index contributed by atoms with van der Waals surface area (Å²) in [5.41, 5.74) is 1.03. The maximum Gasteiger partial charge on any atom is 0.243 e. The highest BCUT2D eigenvalue weighted by Crippen LogP contribution is 2.19. The Labute approximate surface area is 150 Å². The molecule has 0 radical (unpaired) electrons. The van der Waals surface area contributed by atoms with Crippen molar-refractivity contribution in [3.63, 3.8) is 0 Å². The van der Waals surface area contributed by atoms with Crippen LogP contribution in [0.3, 0.4) is 0 Å². The largest absolute Gasteiger partial charge is 0.339 e. The number of piperazine rings is 1. The summed E-state index contributed by atoms with van der Waals surface area (Å²) in [7, 11) is -3.48. The van der Waals surface area contributed by atoms with Crippen LogP contribution >= 0.6 is 0 Å². The predicted octanol–water partition coefficient (Wildman–Crippen LogP) is 1.31. The third-order valence-electron chi connectivity index (χ3n) is 5.25. The molecule has 6 nitrogen and oxygen atoms in total. The van der Waals surface area contributed by atoms with Crippen molar-refractivity contribution in [1.82, 2.24) is 14.1 Å². The molecule has 1 aromatic rings. The quantitative estimate of drug-likeness (QED) is 0.807. The zero-order chi connectivity index (χ0) is 18.0. The molecule has 2 fully saturated rings. The van der Waals surface area contributed by atoms with Crippen molar-refractivity contribution < 1.29 is 13.2 Å². The van der Waals surface area contributed by atoms with Crippen LogP contribution < -0.4 is 0 Å². The summed E-state index contributed by atoms with van der Waals surface area (Å²) in [5, 5.41) is 0. The van der Waals surface area contributed by atoms with Crippen molar-refractivity contribution in [1.29, 1.82) is 0 Å². The van der Waals surface area contributed by atoms with Gasteiger partial charge >= 0.3 is 0 Å². The van der Waals surface area contributed by atoms with E-state index in [2.05, 4.69) is 4.90 Å². The molecule has 7 heteroatoms. The lowest BCUT2D eigenvalue weighted by atomic mass is 10.2. The topological polar surface area (TPSA) is 60.9 Å². The second-order valence-electron chi connectivity index (χ2n) is 6.96. The average molecular weight is 365 g/mol. The molecular weight excluding hydrogens is 338 g/mol. The highest BCUT2D eigenvalue weighted by atomic mass is 32.2. The van der Waals surface area contributed by atoms with E-state index in [0.717, 1.165) is 31.5 Å². The fraction of sp³-hybridized carbons (Fsp3) is 0.611. The van der Waals surface area contributed by atoms with Crippen molar-refractivity contribution in [2.75, 3.05) is 39.3 Å². The van der Waals surface area contributed by atoms with Gasteiger partial charge in [0.15, 0.2) is 0 Å². The predicted molar refractivity (Wildman–Crippen MR) is 96.8 cm³/mol. The highest BCUT2D eigenvalue weighted by Gasteiger charge is 2.33. The van der Waals surface area contributed by atoms with Gasteiger partial charge in [0.05, 0.1) is 10.9 Å². The molecule has 0 saturated carbocycles. The fourth-order valence-electron chi connectivity index (χ4n) is 3.56. The third-order valence-corrected chi connectivity index (χ3v) is 7.17. The van der Waals surface area contributed by atoms with Crippen molar-refractivity contribution in [2.24, 2.45) is 0 Å². The Balaban J connectivity index is 1.61. The Morgan fingerprint density at radius 3 is 2.08 bits per heavy atom. The van der Waals surface area contributed by atoms with Crippen LogP contribution in [0.2, 0.25) is 0 Å². The second-order valence-corrected chi connectivity index (χ2v) is 8.90. The number of rotatable bonds is 4. The number of carbonyl (C=O) groups excluding carboxylic acids is 1. The van der Waals surface area contributed by atoms with E-state index in [1.165, 1.54) is 4.31 Å². The molecule has 2 saturated heterocycles. The number of amides is 1. The van der Waals surface area contributed by atoms with Crippen LogP contribution in [0.25, 0.3) is 0 Å². The van der Waals surface area contributed by atoms with E-state index in [4.69, 9.17) is 0 Å². The first-order valence-corrected chi connectivity index (χ1v) is 10.4. The molecule has 138 valence electrons. The maximum absolute atomic E-state index is 12.7. The lowest BCUT2D eigenvalue weighted by Crippen LogP contribution is -2.54. The number of benzene rings is 1. The maximum atomic E-state index is 12.7. The molecule has 0 spiro atoms. The zero-order valence-electron chi connectivity index (χ0n) is 15.0. The summed E-state index contributed by atoms with van der Waals surface area (Å²) in [6, 6.07) is 6.81. The van der Waals surface area contributed by atoms with Gasteiger partial charge in [-0.2, -0.15) is 4.31 Å². The van der Waals surface area contributed by atoms with E-state index in [9.17, 15) is 13.2 Å². The molecule has 25 heavy (non-hydrogen) atoms. The minimum atomic E-state index is -3.48. The molecule has 1 amide bonds. The van der Waals surface area contributed by atoms with Crippen LogP contribution in [-0.2, 0) is 14.8 Å². The number of hydrogen-bond donors (Lipinski definition) is 0. The summed E-state index contributed by atoms with van der Waals surface area (Å²) in [6.07, 6.45) is 2.31. The minimum Gasteiger partial charge on any atom is -0.339 e. The lowest BCUT2D eigenvalue weighted by Gasteiger charge is -2.36. The number of aryl methyl sites for hydroxylation is 1. The first-order valence-electron chi connectivity index (χ1n) is 8.99. The van der Waals surface area contributed by atoms with Crippen LogP contribution in [0.5, 0.6) is 0 Å². The average Bonchev–Trinajstić information content (AvgIpc) is 3.15. The first kappa shape index (κ1) is 18.4. The number of likely N-dealkylation sites (tertiary alicyclic amines) is 1. The van der Waals surface area contributed by atoms with Gasteiger partial charge in [0.2, 0.25) is 15.9 Å². The van der Waals surface area contributed by atoms with E-state index in [1.54, 1.807) is 12.1 Å². The molecule has 1 aromatic carbocycles. The van der Waals surface area contributed by atoms with Gasteiger partial charge in [-0.25, -0.2) is 8.42 Å². The Hall–Kier alpha value is -1.44. The molecule has 0 aromatic heterocycles. The summed E-state index contributed by atoms with van der Waals surface area (Å²) in [5.74, 6) is 0.120. The van der Waals surface area contributed by atoms with Crippen LogP contribution in [0.15, 0.2) is 29.2 Å². The minimum absolute atomic E-state index is 0.109. The van der Waals surface area contributed by atoms with Gasteiger partial charge in [-0.05, 0) is 51.9 Å². The van der Waals surface area contributed by atoms with Crippen molar-refractivity contribution >= 4 is 15.9 Å². The first-order chi connectivity index (χ1) is 11.9. The SMILES string of the molecule is Cc1ccc(S(=O)(=O)N2CCN(C(=O)[C@@H](C)N3CCCC3)CC2)cc1. The van der Waals surface area contributed by atoms with Crippen LogP contribution in [0, 0.1) is 6.92 Å². The van der Waals surface area contributed by atoms with Gasteiger partial charge in [0, 0.05) is 26.2 Å². The molecule has 3 rings (SSSR count). The molecule has 0 bridgehead atoms. The number of nitrogens with zero attached hydrogens (tertiary/aromatic N) is 3. The normalized spacial score (nSPS) is 21.4. The van der Waals surface area contributed by atoms with Gasteiger partial charge < -0.3 is 4.90 Å². The van der Waals surface area contributed by atoms with E-state index >= 15 is 0 Å². The number of sulfonamides is 1. The van der Waals surface area contributed by atoms with Crippen molar-refractivity contribution in [3.05, 3.63) is 29.8 Å². The Morgan fingerprint density at radius 1 is 0.960 bits per heavy atom. The molecule has 2 heterocycles.